The van der Waals surface area contributed by atoms with Crippen LogP contribution in [-0.2, 0) is 28.6 Å². The molecule has 0 fully saturated rings. The molecule has 0 amide bonds. The van der Waals surface area contributed by atoms with Crippen LogP contribution in [0.15, 0.2) is 48.6 Å². The zero-order valence-electron chi connectivity index (χ0n) is 43.3. The number of carbonyl (C=O) groups is 3. The number of esters is 3. The van der Waals surface area contributed by atoms with E-state index in [2.05, 4.69) is 69.4 Å². The van der Waals surface area contributed by atoms with Crippen LogP contribution >= 0.6 is 0 Å². The SMILES string of the molecule is CCCCC/C=C\C/C=C\CCCCCCCCCC(=O)O[C@H](COC(=O)CCCCCCC/C=C\CCCCCCCC)COC(=O)CCCCCCCCC/C=C\CCCCCC. The minimum absolute atomic E-state index is 0.0800. The summed E-state index contributed by atoms with van der Waals surface area (Å²) < 4.78 is 16.8. The van der Waals surface area contributed by atoms with Crippen molar-refractivity contribution in [3.63, 3.8) is 0 Å². The molecule has 0 saturated carbocycles. The third kappa shape index (κ3) is 52.2. The predicted molar refractivity (Wildman–Crippen MR) is 279 cm³/mol. The van der Waals surface area contributed by atoms with Gasteiger partial charge in [0.15, 0.2) is 6.10 Å². The number of rotatable bonds is 51. The quantitative estimate of drug-likeness (QED) is 0.0262. The van der Waals surface area contributed by atoms with Crippen LogP contribution < -0.4 is 0 Å². The fourth-order valence-corrected chi connectivity index (χ4v) is 7.99. The van der Waals surface area contributed by atoms with E-state index in [4.69, 9.17) is 14.2 Å². The molecule has 0 aromatic carbocycles. The van der Waals surface area contributed by atoms with E-state index in [0.29, 0.717) is 19.3 Å². The maximum absolute atomic E-state index is 12.8. The van der Waals surface area contributed by atoms with Gasteiger partial charge in [-0.15, -0.1) is 0 Å². The smallest absolute Gasteiger partial charge is 0.306 e. The molecule has 0 aromatic rings. The van der Waals surface area contributed by atoms with Gasteiger partial charge in [-0.05, 0) is 103 Å². The van der Waals surface area contributed by atoms with Crippen molar-refractivity contribution in [2.75, 3.05) is 13.2 Å². The molecule has 0 rings (SSSR count). The van der Waals surface area contributed by atoms with Crippen LogP contribution in [0.25, 0.3) is 0 Å². The Bertz CT molecular complexity index is 1140. The summed E-state index contributed by atoms with van der Waals surface area (Å²) in [5.74, 6) is -0.889. The molecule has 65 heavy (non-hydrogen) atoms. The zero-order chi connectivity index (χ0) is 47.2. The molecule has 6 nitrogen and oxygen atoms in total. The highest BCUT2D eigenvalue weighted by Gasteiger charge is 2.19. The fraction of sp³-hybridized carbons (Fsp3) is 0.814. The number of allylic oxidation sites excluding steroid dienone is 8. The van der Waals surface area contributed by atoms with E-state index in [-0.39, 0.29) is 31.1 Å². The first-order chi connectivity index (χ1) is 32.0. The first-order valence-corrected chi connectivity index (χ1v) is 28.1. The summed E-state index contributed by atoms with van der Waals surface area (Å²) in [7, 11) is 0. The largest absolute Gasteiger partial charge is 0.462 e. The normalized spacial score (nSPS) is 12.4. The predicted octanol–water partition coefficient (Wildman–Crippen LogP) is 18.7. The topological polar surface area (TPSA) is 78.9 Å². The standard InChI is InChI=1S/C59H106O6/c1-4-7-10-13-16-19-22-25-28-29-32-35-38-41-44-47-50-53-59(62)65-56(54-63-57(60)51-48-45-42-39-36-33-30-26-23-20-17-14-11-8-5-2)55-64-58(61)52-49-46-43-40-37-34-31-27-24-21-18-15-12-9-6-3/h16,19-20,23,25,27-28,31,56H,4-15,17-18,21-22,24,26,29-30,32-55H2,1-3H3/b19-16-,23-20-,28-25-,31-27-/t56-/m0/s1. The van der Waals surface area contributed by atoms with E-state index >= 15 is 0 Å². The number of carbonyl (C=O) groups excluding carboxylic acids is 3. The van der Waals surface area contributed by atoms with Crippen molar-refractivity contribution < 1.29 is 28.6 Å². The molecule has 0 radical (unpaired) electrons. The molecule has 0 aliphatic carbocycles. The molecule has 0 bridgehead atoms. The molecule has 0 aliphatic rings. The van der Waals surface area contributed by atoms with Crippen LogP contribution in [0.4, 0.5) is 0 Å². The molecule has 0 N–H and O–H groups in total. The van der Waals surface area contributed by atoms with Crippen LogP contribution in [-0.4, -0.2) is 37.2 Å². The van der Waals surface area contributed by atoms with E-state index in [0.717, 1.165) is 77.0 Å². The molecule has 0 aliphatic heterocycles. The van der Waals surface area contributed by atoms with Gasteiger partial charge in [-0.2, -0.15) is 0 Å². The van der Waals surface area contributed by atoms with Crippen molar-refractivity contribution in [2.24, 2.45) is 0 Å². The Kier molecular flexibility index (Phi) is 51.8. The van der Waals surface area contributed by atoms with Crippen molar-refractivity contribution in [3.8, 4) is 0 Å². The van der Waals surface area contributed by atoms with Gasteiger partial charge >= 0.3 is 17.9 Å². The van der Waals surface area contributed by atoms with Gasteiger partial charge in [0, 0.05) is 19.3 Å². The van der Waals surface area contributed by atoms with Crippen LogP contribution in [0.1, 0.15) is 290 Å². The van der Waals surface area contributed by atoms with Gasteiger partial charge in [0.1, 0.15) is 13.2 Å². The lowest BCUT2D eigenvalue weighted by atomic mass is 10.1. The molecule has 0 spiro atoms. The molecule has 378 valence electrons. The number of hydrogen-bond donors (Lipinski definition) is 0. The summed E-state index contributed by atoms with van der Waals surface area (Å²) in [6.07, 6.45) is 65.2. The summed E-state index contributed by atoms with van der Waals surface area (Å²) in [4.78, 5) is 38.1. The van der Waals surface area contributed by atoms with Gasteiger partial charge in [0.25, 0.3) is 0 Å². The lowest BCUT2D eigenvalue weighted by molar-refractivity contribution is -0.167. The second-order valence-electron chi connectivity index (χ2n) is 18.8. The Morgan fingerprint density at radius 2 is 0.554 bits per heavy atom. The Labute approximate surface area is 403 Å². The Balaban J connectivity index is 4.39. The molecule has 0 aromatic heterocycles. The number of unbranched alkanes of at least 4 members (excludes halogenated alkanes) is 32. The number of ether oxygens (including phenoxy) is 3. The highest BCUT2D eigenvalue weighted by Crippen LogP contribution is 2.15. The van der Waals surface area contributed by atoms with E-state index in [1.807, 2.05) is 0 Å². The van der Waals surface area contributed by atoms with Crippen LogP contribution in [0.5, 0.6) is 0 Å². The molecule has 0 unspecified atom stereocenters. The molecule has 6 heteroatoms. The fourth-order valence-electron chi connectivity index (χ4n) is 7.99. The van der Waals surface area contributed by atoms with Gasteiger partial charge in [0.05, 0.1) is 0 Å². The van der Waals surface area contributed by atoms with E-state index < -0.39 is 6.10 Å². The number of hydrogen-bond acceptors (Lipinski definition) is 6. The third-order valence-corrected chi connectivity index (χ3v) is 12.3. The van der Waals surface area contributed by atoms with Crippen LogP contribution in [0, 0.1) is 0 Å². The highest BCUT2D eigenvalue weighted by atomic mass is 16.6. The van der Waals surface area contributed by atoms with Crippen molar-refractivity contribution in [2.45, 2.75) is 297 Å². The lowest BCUT2D eigenvalue weighted by Crippen LogP contribution is -2.30. The second kappa shape index (κ2) is 54.0. The van der Waals surface area contributed by atoms with E-state index in [1.165, 1.54) is 173 Å². The average Bonchev–Trinajstić information content (AvgIpc) is 3.30. The van der Waals surface area contributed by atoms with Crippen LogP contribution in [0.2, 0.25) is 0 Å². The Hall–Kier alpha value is -2.63. The second-order valence-corrected chi connectivity index (χ2v) is 18.8. The minimum atomic E-state index is -0.781. The van der Waals surface area contributed by atoms with Gasteiger partial charge in [-0.3, -0.25) is 14.4 Å². The summed E-state index contributed by atoms with van der Waals surface area (Å²) in [5, 5.41) is 0. The Morgan fingerprint density at radius 1 is 0.308 bits per heavy atom. The molecule has 0 heterocycles. The summed E-state index contributed by atoms with van der Waals surface area (Å²) in [6, 6.07) is 0. The molecule has 1 atom stereocenters. The maximum Gasteiger partial charge on any atom is 0.306 e. The van der Waals surface area contributed by atoms with E-state index in [9.17, 15) is 14.4 Å². The minimum Gasteiger partial charge on any atom is -0.462 e. The summed E-state index contributed by atoms with van der Waals surface area (Å²) >= 11 is 0. The van der Waals surface area contributed by atoms with Gasteiger partial charge < -0.3 is 14.2 Å². The van der Waals surface area contributed by atoms with Gasteiger partial charge in [-0.1, -0.05) is 217 Å². The van der Waals surface area contributed by atoms with Crippen molar-refractivity contribution >= 4 is 17.9 Å². The van der Waals surface area contributed by atoms with Crippen LogP contribution in [0.3, 0.4) is 0 Å². The van der Waals surface area contributed by atoms with Gasteiger partial charge in [0.2, 0.25) is 0 Å². The highest BCUT2D eigenvalue weighted by molar-refractivity contribution is 5.71. The maximum atomic E-state index is 12.8. The lowest BCUT2D eigenvalue weighted by Gasteiger charge is -2.18. The average molecular weight is 911 g/mol. The van der Waals surface area contributed by atoms with Crippen molar-refractivity contribution in [1.29, 1.82) is 0 Å². The summed E-state index contributed by atoms with van der Waals surface area (Å²) in [5.41, 5.74) is 0. The zero-order valence-corrected chi connectivity index (χ0v) is 43.3. The monoisotopic (exact) mass is 911 g/mol. The van der Waals surface area contributed by atoms with Crippen molar-refractivity contribution in [3.05, 3.63) is 48.6 Å². The first kappa shape index (κ1) is 62.4. The molecule has 0 saturated heterocycles. The first-order valence-electron chi connectivity index (χ1n) is 28.1. The van der Waals surface area contributed by atoms with Crippen molar-refractivity contribution in [1.82, 2.24) is 0 Å². The summed E-state index contributed by atoms with van der Waals surface area (Å²) in [6.45, 7) is 6.60. The Morgan fingerprint density at radius 3 is 0.908 bits per heavy atom. The van der Waals surface area contributed by atoms with Gasteiger partial charge in [-0.25, -0.2) is 0 Å². The van der Waals surface area contributed by atoms with E-state index in [1.54, 1.807) is 0 Å². The molecular weight excluding hydrogens is 805 g/mol. The third-order valence-electron chi connectivity index (χ3n) is 12.3. The molecular formula is C59H106O6.